The number of pyridine rings is 1. The Morgan fingerprint density at radius 2 is 1.50 bits per heavy atom. The number of benzene rings is 4. The number of nitrogens with zero attached hydrogens (tertiary/aromatic N) is 1. The van der Waals surface area contributed by atoms with E-state index < -0.39 is 11.7 Å². The highest BCUT2D eigenvalue weighted by Crippen LogP contribution is 2.50. The fourth-order valence-corrected chi connectivity index (χ4v) is 5.76. The first kappa shape index (κ1) is 21.2. The highest BCUT2D eigenvalue weighted by Gasteiger charge is 2.38. The minimum absolute atomic E-state index is 0.0569. The lowest BCUT2D eigenvalue weighted by Gasteiger charge is -2.38. The molecule has 1 aliphatic carbocycles. The van der Waals surface area contributed by atoms with Crippen molar-refractivity contribution >= 4 is 32.4 Å². The zero-order valence-electron chi connectivity index (χ0n) is 19.1. The van der Waals surface area contributed by atoms with E-state index in [1.54, 1.807) is 18.2 Å². The first-order valence-corrected chi connectivity index (χ1v) is 11.7. The Bertz CT molecular complexity index is 1580. The van der Waals surface area contributed by atoms with Crippen molar-refractivity contribution in [2.75, 3.05) is 0 Å². The lowest BCUT2D eigenvalue weighted by molar-refractivity contribution is -0.136. The Morgan fingerprint density at radius 1 is 0.794 bits per heavy atom. The fourth-order valence-electron chi connectivity index (χ4n) is 5.76. The molecule has 0 amide bonds. The predicted octanol–water partition coefficient (Wildman–Crippen LogP) is 8.76. The maximum absolute atomic E-state index is 14.2. The minimum atomic E-state index is -4.43. The molecule has 6 rings (SSSR count). The average molecular weight is 456 g/mol. The predicted molar refractivity (Wildman–Crippen MR) is 132 cm³/mol. The van der Waals surface area contributed by atoms with Gasteiger partial charge in [-0.2, -0.15) is 13.2 Å². The smallest absolute Gasteiger partial charge is 0.252 e. The highest BCUT2D eigenvalue weighted by atomic mass is 19.4. The lowest BCUT2D eigenvalue weighted by atomic mass is 9.66. The maximum Gasteiger partial charge on any atom is 0.417 e. The zero-order chi connectivity index (χ0) is 23.7. The third-order valence-corrected chi connectivity index (χ3v) is 7.50. The van der Waals surface area contributed by atoms with Gasteiger partial charge in [0.25, 0.3) is 0 Å². The van der Waals surface area contributed by atoms with E-state index in [9.17, 15) is 13.2 Å². The molecule has 170 valence electrons. The zero-order valence-corrected chi connectivity index (χ0v) is 19.1. The number of aromatic nitrogens is 1. The second-order valence-corrected chi connectivity index (χ2v) is 9.99. The summed E-state index contributed by atoms with van der Waals surface area (Å²) in [6.07, 6.45) is -2.64. The second-order valence-electron chi connectivity index (χ2n) is 9.99. The van der Waals surface area contributed by atoms with Crippen LogP contribution in [0.15, 0.2) is 78.9 Å². The molecule has 1 unspecified atom stereocenters. The van der Waals surface area contributed by atoms with Crippen LogP contribution in [-0.2, 0) is 11.6 Å². The highest BCUT2D eigenvalue weighted by molar-refractivity contribution is 6.10. The van der Waals surface area contributed by atoms with E-state index in [0.29, 0.717) is 10.8 Å². The SMILES string of the molecule is CC1(C)CCC(c2ccc3ccccc3n2)c2c1ccc1c2cc(C(F)(F)F)c2ccccc21. The first-order chi connectivity index (χ1) is 16.2. The Kier molecular flexibility index (Phi) is 4.54. The van der Waals surface area contributed by atoms with E-state index in [-0.39, 0.29) is 16.7 Å². The molecule has 1 aliphatic rings. The number of alkyl halides is 3. The number of halogens is 3. The number of hydrogen-bond acceptors (Lipinski definition) is 1. The van der Waals surface area contributed by atoms with E-state index in [1.165, 1.54) is 6.07 Å². The van der Waals surface area contributed by atoms with E-state index in [2.05, 4.69) is 26.0 Å². The number of fused-ring (bicyclic) bond motifs is 6. The van der Waals surface area contributed by atoms with Crippen LogP contribution in [0.25, 0.3) is 32.4 Å². The monoisotopic (exact) mass is 455 g/mol. The molecule has 1 nitrogen and oxygen atoms in total. The van der Waals surface area contributed by atoms with Crippen LogP contribution in [0.2, 0.25) is 0 Å². The third-order valence-electron chi connectivity index (χ3n) is 7.50. The van der Waals surface area contributed by atoms with Gasteiger partial charge < -0.3 is 0 Å². The van der Waals surface area contributed by atoms with Crippen molar-refractivity contribution in [1.82, 2.24) is 4.98 Å². The van der Waals surface area contributed by atoms with E-state index >= 15 is 0 Å². The normalized spacial score (nSPS) is 17.9. The molecule has 1 aromatic heterocycles. The summed E-state index contributed by atoms with van der Waals surface area (Å²) in [7, 11) is 0. The van der Waals surface area contributed by atoms with Crippen molar-refractivity contribution in [3.63, 3.8) is 0 Å². The van der Waals surface area contributed by atoms with Gasteiger partial charge in [-0.1, -0.05) is 74.5 Å². The Morgan fingerprint density at radius 3 is 2.29 bits per heavy atom. The van der Waals surface area contributed by atoms with Gasteiger partial charge in [-0.05, 0) is 69.1 Å². The van der Waals surface area contributed by atoms with Crippen molar-refractivity contribution < 1.29 is 13.2 Å². The van der Waals surface area contributed by atoms with Crippen molar-refractivity contribution in [1.29, 1.82) is 0 Å². The molecular weight excluding hydrogens is 431 g/mol. The molecule has 4 heteroatoms. The minimum Gasteiger partial charge on any atom is -0.252 e. The second kappa shape index (κ2) is 7.30. The van der Waals surface area contributed by atoms with Gasteiger partial charge in [-0.15, -0.1) is 0 Å². The first-order valence-electron chi connectivity index (χ1n) is 11.7. The van der Waals surface area contributed by atoms with Gasteiger partial charge in [0.1, 0.15) is 0 Å². The van der Waals surface area contributed by atoms with Crippen LogP contribution in [0.4, 0.5) is 13.2 Å². The van der Waals surface area contributed by atoms with Crippen LogP contribution >= 0.6 is 0 Å². The van der Waals surface area contributed by atoms with E-state index in [0.717, 1.165) is 46.0 Å². The molecule has 4 aromatic carbocycles. The largest absolute Gasteiger partial charge is 0.417 e. The van der Waals surface area contributed by atoms with E-state index in [4.69, 9.17) is 4.98 Å². The molecule has 34 heavy (non-hydrogen) atoms. The lowest BCUT2D eigenvalue weighted by Crippen LogP contribution is -2.27. The summed E-state index contributed by atoms with van der Waals surface area (Å²) in [5.41, 5.74) is 3.25. The van der Waals surface area contributed by atoms with Gasteiger partial charge in [0.2, 0.25) is 0 Å². The molecule has 0 N–H and O–H groups in total. The van der Waals surface area contributed by atoms with Gasteiger partial charge in [-0.3, -0.25) is 4.98 Å². The van der Waals surface area contributed by atoms with Crippen molar-refractivity contribution in [2.24, 2.45) is 0 Å². The van der Waals surface area contributed by atoms with Crippen molar-refractivity contribution in [2.45, 2.75) is 44.2 Å². The molecule has 1 atom stereocenters. The summed E-state index contributed by atoms with van der Waals surface area (Å²) >= 11 is 0. The fraction of sp³-hybridized carbons (Fsp3) is 0.233. The molecule has 5 aromatic rings. The molecule has 0 saturated heterocycles. The van der Waals surface area contributed by atoms with Crippen LogP contribution in [0.5, 0.6) is 0 Å². The van der Waals surface area contributed by atoms with Gasteiger partial charge in [-0.25, -0.2) is 0 Å². The van der Waals surface area contributed by atoms with Crippen LogP contribution in [0, 0.1) is 0 Å². The number of hydrogen-bond donors (Lipinski definition) is 0. The standard InChI is InChI=1S/C30H24F3N/c1-29(2)16-15-22(27-14-11-18-7-3-6-10-26(18)34-27)28-23-17-25(30(31,32)33)21-9-5-4-8-19(21)20(23)12-13-24(28)29/h3-14,17,22H,15-16H2,1-2H3. The maximum atomic E-state index is 14.2. The van der Waals surface area contributed by atoms with Gasteiger partial charge in [0.15, 0.2) is 0 Å². The summed E-state index contributed by atoms with van der Waals surface area (Å²) < 4.78 is 42.6. The summed E-state index contributed by atoms with van der Waals surface area (Å²) in [5.74, 6) is -0.0569. The van der Waals surface area contributed by atoms with Gasteiger partial charge >= 0.3 is 6.18 Å². The number of rotatable bonds is 1. The molecule has 0 bridgehead atoms. The molecular formula is C30H24F3N. The summed E-state index contributed by atoms with van der Waals surface area (Å²) in [6, 6.07) is 24.5. The summed E-state index contributed by atoms with van der Waals surface area (Å²) in [5, 5.41) is 3.51. The van der Waals surface area contributed by atoms with Crippen LogP contribution in [0.3, 0.4) is 0 Å². The number of para-hydroxylation sites is 1. The van der Waals surface area contributed by atoms with Crippen LogP contribution in [0.1, 0.15) is 55.0 Å². The van der Waals surface area contributed by atoms with Crippen molar-refractivity contribution in [3.8, 4) is 0 Å². The molecule has 0 fully saturated rings. The molecule has 0 radical (unpaired) electrons. The Hall–Kier alpha value is -3.40. The quantitative estimate of drug-likeness (QED) is 0.230. The molecule has 0 saturated carbocycles. The molecule has 0 aliphatic heterocycles. The van der Waals surface area contributed by atoms with E-state index in [1.807, 2.05) is 42.5 Å². The molecule has 0 spiro atoms. The summed E-state index contributed by atoms with van der Waals surface area (Å²) in [4.78, 5) is 4.96. The third kappa shape index (κ3) is 3.19. The van der Waals surface area contributed by atoms with Crippen LogP contribution < -0.4 is 0 Å². The van der Waals surface area contributed by atoms with Crippen molar-refractivity contribution in [3.05, 3.63) is 101 Å². The molecule has 1 heterocycles. The van der Waals surface area contributed by atoms with Crippen LogP contribution in [-0.4, -0.2) is 4.98 Å². The Labute approximate surface area is 196 Å². The average Bonchev–Trinajstić information content (AvgIpc) is 2.82. The van der Waals surface area contributed by atoms with Gasteiger partial charge in [0.05, 0.1) is 11.1 Å². The van der Waals surface area contributed by atoms with Gasteiger partial charge in [0, 0.05) is 17.0 Å². The summed E-state index contributed by atoms with van der Waals surface area (Å²) in [6.45, 7) is 4.38. The Balaban J connectivity index is 1.71. The topological polar surface area (TPSA) is 12.9 Å².